The molecule has 7 heteroatoms. The topological polar surface area (TPSA) is 47.0 Å². The Morgan fingerprint density at radius 2 is 2.27 bits per heavy atom. The Bertz CT molecular complexity index is 450. The Labute approximate surface area is 107 Å². The highest BCUT2D eigenvalue weighted by Gasteiger charge is 2.06. The summed E-state index contributed by atoms with van der Waals surface area (Å²) in [6.07, 6.45) is 2.76. The molecule has 0 aliphatic heterocycles. The number of thioether (sulfide) groups is 1. The Kier molecular flexibility index (Phi) is 4.89. The van der Waals surface area contributed by atoms with E-state index in [9.17, 15) is 8.42 Å². The standard InChI is InChI=1S/C8H9BrClNO2S2/c1-15(12,13)3-2-14-8-7(9)4-6(10)5-11-8/h4-5H,2-3H2,1H3. The molecule has 0 fully saturated rings. The lowest BCUT2D eigenvalue weighted by Gasteiger charge is -2.02. The fourth-order valence-corrected chi connectivity index (χ4v) is 3.84. The van der Waals surface area contributed by atoms with Gasteiger partial charge in [-0.15, -0.1) is 11.8 Å². The molecule has 15 heavy (non-hydrogen) atoms. The van der Waals surface area contributed by atoms with Crippen LogP contribution >= 0.6 is 39.3 Å². The van der Waals surface area contributed by atoms with Crippen LogP contribution in [0, 0.1) is 0 Å². The molecule has 0 radical (unpaired) electrons. The summed E-state index contributed by atoms with van der Waals surface area (Å²) in [6.45, 7) is 0. The van der Waals surface area contributed by atoms with Crippen molar-refractivity contribution in [3.63, 3.8) is 0 Å². The smallest absolute Gasteiger partial charge is 0.148 e. The number of sulfone groups is 1. The highest BCUT2D eigenvalue weighted by molar-refractivity contribution is 9.10. The largest absolute Gasteiger partial charge is 0.247 e. The molecule has 0 saturated carbocycles. The van der Waals surface area contributed by atoms with E-state index in [4.69, 9.17) is 11.6 Å². The quantitative estimate of drug-likeness (QED) is 0.796. The van der Waals surface area contributed by atoms with Crippen molar-refractivity contribution in [3.8, 4) is 0 Å². The zero-order valence-corrected chi connectivity index (χ0v) is 11.9. The maximum absolute atomic E-state index is 10.9. The first kappa shape index (κ1) is 13.3. The molecular formula is C8H9BrClNO2S2. The molecule has 1 heterocycles. The summed E-state index contributed by atoms with van der Waals surface area (Å²) in [4.78, 5) is 4.09. The summed E-state index contributed by atoms with van der Waals surface area (Å²) in [5, 5.41) is 1.30. The van der Waals surface area contributed by atoms with E-state index in [1.54, 1.807) is 6.07 Å². The third-order valence-corrected chi connectivity index (χ3v) is 4.75. The second-order valence-corrected chi connectivity index (χ2v) is 7.55. The van der Waals surface area contributed by atoms with E-state index < -0.39 is 9.84 Å². The molecule has 0 N–H and O–H groups in total. The molecule has 0 atom stereocenters. The summed E-state index contributed by atoms with van der Waals surface area (Å²) in [6, 6.07) is 1.73. The third-order valence-electron chi connectivity index (χ3n) is 1.47. The van der Waals surface area contributed by atoms with Gasteiger partial charge in [0.25, 0.3) is 0 Å². The lowest BCUT2D eigenvalue weighted by molar-refractivity contribution is 0.603. The van der Waals surface area contributed by atoms with Gasteiger partial charge in [-0.1, -0.05) is 11.6 Å². The first-order chi connectivity index (χ1) is 6.88. The number of aromatic nitrogens is 1. The molecule has 0 aliphatic carbocycles. The Morgan fingerprint density at radius 1 is 1.60 bits per heavy atom. The van der Waals surface area contributed by atoms with E-state index in [2.05, 4.69) is 20.9 Å². The van der Waals surface area contributed by atoms with Crippen molar-refractivity contribution in [2.45, 2.75) is 5.03 Å². The molecule has 84 valence electrons. The van der Waals surface area contributed by atoms with Crippen LogP contribution in [0.1, 0.15) is 0 Å². The van der Waals surface area contributed by atoms with E-state index in [1.807, 2.05) is 0 Å². The van der Waals surface area contributed by atoms with Gasteiger partial charge in [-0.3, -0.25) is 0 Å². The van der Waals surface area contributed by atoms with Crippen LogP contribution in [-0.2, 0) is 9.84 Å². The molecule has 0 aliphatic rings. The minimum absolute atomic E-state index is 0.147. The number of rotatable bonds is 4. The minimum atomic E-state index is -2.91. The maximum Gasteiger partial charge on any atom is 0.148 e. The van der Waals surface area contributed by atoms with E-state index >= 15 is 0 Å². The molecule has 0 saturated heterocycles. The first-order valence-electron chi connectivity index (χ1n) is 4.00. The molecule has 1 aromatic rings. The fourth-order valence-electron chi connectivity index (χ4n) is 0.798. The van der Waals surface area contributed by atoms with E-state index in [0.29, 0.717) is 10.8 Å². The molecule has 0 amide bonds. The van der Waals surface area contributed by atoms with Crippen LogP contribution in [0.25, 0.3) is 0 Å². The zero-order chi connectivity index (χ0) is 11.5. The van der Waals surface area contributed by atoms with Gasteiger partial charge in [0.05, 0.1) is 15.2 Å². The summed E-state index contributed by atoms with van der Waals surface area (Å²) in [5.41, 5.74) is 0. The monoisotopic (exact) mass is 329 g/mol. The van der Waals surface area contributed by atoms with E-state index in [0.717, 1.165) is 9.50 Å². The third kappa shape index (κ3) is 5.19. The van der Waals surface area contributed by atoms with Crippen molar-refractivity contribution >= 4 is 49.1 Å². The average molecular weight is 331 g/mol. The van der Waals surface area contributed by atoms with Gasteiger partial charge in [-0.2, -0.15) is 0 Å². The summed E-state index contributed by atoms with van der Waals surface area (Å²) in [5.74, 6) is 0.639. The maximum atomic E-state index is 10.9. The summed E-state index contributed by atoms with van der Waals surface area (Å²) in [7, 11) is -2.91. The van der Waals surface area contributed by atoms with Gasteiger partial charge in [-0.25, -0.2) is 13.4 Å². The number of halogens is 2. The fraction of sp³-hybridized carbons (Fsp3) is 0.375. The minimum Gasteiger partial charge on any atom is -0.247 e. The van der Waals surface area contributed by atoms with Crippen LogP contribution in [0.2, 0.25) is 5.02 Å². The lowest BCUT2D eigenvalue weighted by atomic mass is 10.5. The molecule has 3 nitrogen and oxygen atoms in total. The summed E-state index contributed by atoms with van der Waals surface area (Å²) >= 11 is 10.4. The number of hydrogen-bond acceptors (Lipinski definition) is 4. The van der Waals surface area contributed by atoms with Gasteiger partial charge < -0.3 is 0 Å². The van der Waals surface area contributed by atoms with Gasteiger partial charge in [-0.05, 0) is 22.0 Å². The molecule has 0 bridgehead atoms. The van der Waals surface area contributed by atoms with Crippen LogP contribution in [0.5, 0.6) is 0 Å². The van der Waals surface area contributed by atoms with Gasteiger partial charge in [0.15, 0.2) is 0 Å². The molecule has 0 spiro atoms. The second-order valence-electron chi connectivity index (χ2n) is 2.92. The van der Waals surface area contributed by atoms with Crippen molar-refractivity contribution in [1.29, 1.82) is 0 Å². The Morgan fingerprint density at radius 3 is 2.80 bits per heavy atom. The van der Waals surface area contributed by atoms with Crippen LogP contribution in [0.4, 0.5) is 0 Å². The van der Waals surface area contributed by atoms with Crippen molar-refractivity contribution in [1.82, 2.24) is 4.98 Å². The van der Waals surface area contributed by atoms with Crippen LogP contribution in [0.15, 0.2) is 21.8 Å². The van der Waals surface area contributed by atoms with Gasteiger partial charge in [0.1, 0.15) is 14.9 Å². The molecule has 1 aromatic heterocycles. The number of nitrogens with zero attached hydrogens (tertiary/aromatic N) is 1. The number of pyridine rings is 1. The predicted molar refractivity (Wildman–Crippen MR) is 67.4 cm³/mol. The molecule has 1 rings (SSSR count). The first-order valence-corrected chi connectivity index (χ1v) is 8.22. The van der Waals surface area contributed by atoms with Crippen molar-refractivity contribution < 1.29 is 8.42 Å². The second kappa shape index (κ2) is 5.52. The molecule has 0 aromatic carbocycles. The van der Waals surface area contributed by atoms with E-state index in [-0.39, 0.29) is 5.75 Å². The van der Waals surface area contributed by atoms with E-state index in [1.165, 1.54) is 24.2 Å². The zero-order valence-electron chi connectivity index (χ0n) is 7.91. The van der Waals surface area contributed by atoms with Crippen molar-refractivity contribution in [3.05, 3.63) is 21.8 Å². The van der Waals surface area contributed by atoms with Gasteiger partial charge in [0.2, 0.25) is 0 Å². The van der Waals surface area contributed by atoms with Crippen molar-refractivity contribution in [2.75, 3.05) is 17.8 Å². The molecular weight excluding hydrogens is 322 g/mol. The van der Waals surface area contributed by atoms with Crippen LogP contribution in [0.3, 0.4) is 0 Å². The lowest BCUT2D eigenvalue weighted by Crippen LogP contribution is -2.05. The van der Waals surface area contributed by atoms with Crippen LogP contribution < -0.4 is 0 Å². The van der Waals surface area contributed by atoms with Gasteiger partial charge in [0, 0.05) is 18.2 Å². The van der Waals surface area contributed by atoms with Crippen molar-refractivity contribution in [2.24, 2.45) is 0 Å². The van der Waals surface area contributed by atoms with Gasteiger partial charge >= 0.3 is 0 Å². The predicted octanol–water partition coefficient (Wildman–Crippen LogP) is 2.63. The Balaban J connectivity index is 2.59. The molecule has 0 unspecified atom stereocenters. The normalized spacial score (nSPS) is 11.7. The number of hydrogen-bond donors (Lipinski definition) is 0. The Hall–Kier alpha value is 0.220. The SMILES string of the molecule is CS(=O)(=O)CCSc1ncc(Cl)cc1Br. The summed E-state index contributed by atoms with van der Waals surface area (Å²) < 4.78 is 22.6. The highest BCUT2D eigenvalue weighted by atomic mass is 79.9. The van der Waals surface area contributed by atoms with Crippen LogP contribution in [-0.4, -0.2) is 31.2 Å². The average Bonchev–Trinajstić information content (AvgIpc) is 2.07. The highest BCUT2D eigenvalue weighted by Crippen LogP contribution is 2.27.